The third kappa shape index (κ3) is 4.51. The van der Waals surface area contributed by atoms with E-state index in [2.05, 4.69) is 9.88 Å². The lowest BCUT2D eigenvalue weighted by atomic mass is 9.77. The maximum Gasteiger partial charge on any atom is 0.251 e. The minimum atomic E-state index is -0.0435. The number of fused-ring (bicyclic) bond motifs is 1. The van der Waals surface area contributed by atoms with Crippen molar-refractivity contribution in [2.75, 3.05) is 52.4 Å². The van der Waals surface area contributed by atoms with Gasteiger partial charge in [-0.25, -0.2) is 0 Å². The zero-order valence-corrected chi connectivity index (χ0v) is 21.0. The number of carbonyl (C=O) groups excluding carboxylic acids is 1. The van der Waals surface area contributed by atoms with Gasteiger partial charge >= 0.3 is 0 Å². The average Bonchev–Trinajstić information content (AvgIpc) is 3.23. The van der Waals surface area contributed by atoms with Gasteiger partial charge in [-0.2, -0.15) is 0 Å². The lowest BCUT2D eigenvalue weighted by Gasteiger charge is -2.39. The molecule has 1 aromatic carbocycles. The second kappa shape index (κ2) is 9.81. The van der Waals surface area contributed by atoms with Crippen LogP contribution in [0.15, 0.2) is 47.4 Å². The van der Waals surface area contributed by atoms with E-state index in [4.69, 9.17) is 14.2 Å². The van der Waals surface area contributed by atoms with Gasteiger partial charge in [0.25, 0.3) is 5.56 Å². The van der Waals surface area contributed by atoms with Gasteiger partial charge in [0.05, 0.1) is 38.6 Å². The molecule has 2 fully saturated rings. The summed E-state index contributed by atoms with van der Waals surface area (Å²) in [5, 5.41) is 0. The van der Waals surface area contributed by atoms with Crippen LogP contribution in [0.2, 0.25) is 0 Å². The summed E-state index contributed by atoms with van der Waals surface area (Å²) in [6.45, 7) is 3.85. The highest BCUT2D eigenvalue weighted by Gasteiger charge is 2.45. The Morgan fingerprint density at radius 2 is 1.69 bits per heavy atom. The van der Waals surface area contributed by atoms with Crippen molar-refractivity contribution in [3.63, 3.8) is 0 Å². The summed E-state index contributed by atoms with van der Waals surface area (Å²) in [5.74, 6) is 2.05. The summed E-state index contributed by atoms with van der Waals surface area (Å²) in [4.78, 5) is 34.3. The van der Waals surface area contributed by atoms with E-state index in [0.717, 1.165) is 49.2 Å². The molecule has 2 saturated heterocycles. The first-order valence-corrected chi connectivity index (χ1v) is 12.2. The number of pyridine rings is 2. The summed E-state index contributed by atoms with van der Waals surface area (Å²) < 4.78 is 17.8. The van der Waals surface area contributed by atoms with E-state index < -0.39 is 0 Å². The highest BCUT2D eigenvalue weighted by Crippen LogP contribution is 2.43. The summed E-state index contributed by atoms with van der Waals surface area (Å²) >= 11 is 0. The van der Waals surface area contributed by atoms with Crippen molar-refractivity contribution in [1.29, 1.82) is 0 Å². The topological polar surface area (TPSA) is 86.1 Å². The van der Waals surface area contributed by atoms with Crippen molar-refractivity contribution >= 4 is 22.6 Å². The Hall–Kier alpha value is -3.59. The molecule has 9 heteroatoms. The van der Waals surface area contributed by atoms with Crippen LogP contribution in [0, 0.1) is 5.41 Å². The summed E-state index contributed by atoms with van der Waals surface area (Å²) in [5.41, 5.74) is 2.33. The number of rotatable bonds is 7. The molecule has 36 heavy (non-hydrogen) atoms. The molecule has 1 amide bonds. The fourth-order valence-corrected chi connectivity index (χ4v) is 5.44. The highest BCUT2D eigenvalue weighted by atomic mass is 16.5. The molecule has 0 unspecified atom stereocenters. The van der Waals surface area contributed by atoms with E-state index in [1.165, 1.54) is 0 Å². The monoisotopic (exact) mass is 492 g/mol. The predicted octanol–water partition coefficient (Wildman–Crippen LogP) is 2.94. The van der Waals surface area contributed by atoms with Crippen LogP contribution in [0.3, 0.4) is 0 Å². The Morgan fingerprint density at radius 3 is 2.42 bits per heavy atom. The van der Waals surface area contributed by atoms with Crippen LogP contribution in [0.4, 0.5) is 5.69 Å². The Labute approximate surface area is 210 Å². The van der Waals surface area contributed by atoms with Crippen molar-refractivity contribution < 1.29 is 19.0 Å². The maximum absolute atomic E-state index is 13.0. The second-order valence-electron chi connectivity index (χ2n) is 9.64. The molecule has 2 aliphatic rings. The number of amides is 1. The average molecular weight is 493 g/mol. The quantitative estimate of drug-likeness (QED) is 0.501. The third-order valence-electron chi connectivity index (χ3n) is 7.60. The predicted molar refractivity (Wildman–Crippen MR) is 137 cm³/mol. The molecule has 4 heterocycles. The summed E-state index contributed by atoms with van der Waals surface area (Å²) in [6, 6.07) is 10.8. The largest absolute Gasteiger partial charge is 0.495 e. The van der Waals surface area contributed by atoms with Gasteiger partial charge in [0, 0.05) is 49.9 Å². The molecule has 9 nitrogen and oxygen atoms in total. The Balaban J connectivity index is 1.24. The number of methoxy groups -OCH3 is 3. The third-order valence-corrected chi connectivity index (χ3v) is 7.60. The first kappa shape index (κ1) is 24.1. The molecule has 0 aliphatic carbocycles. The molecule has 0 bridgehead atoms. The van der Waals surface area contributed by atoms with E-state index in [0.29, 0.717) is 36.8 Å². The van der Waals surface area contributed by atoms with Crippen LogP contribution in [0.5, 0.6) is 17.2 Å². The molecule has 5 rings (SSSR count). The van der Waals surface area contributed by atoms with Crippen molar-refractivity contribution in [3.8, 4) is 17.2 Å². The second-order valence-corrected chi connectivity index (χ2v) is 9.64. The molecule has 190 valence electrons. The maximum atomic E-state index is 13.0. The Bertz CT molecular complexity index is 1330. The number of aromatic nitrogens is 2. The lowest BCUT2D eigenvalue weighted by molar-refractivity contribution is -0.118. The fraction of sp³-hybridized carbons (Fsp3) is 0.444. The molecular weight excluding hydrogens is 460 g/mol. The van der Waals surface area contributed by atoms with Gasteiger partial charge < -0.3 is 28.6 Å². The van der Waals surface area contributed by atoms with E-state index >= 15 is 0 Å². The van der Waals surface area contributed by atoms with Gasteiger partial charge in [0.1, 0.15) is 5.75 Å². The Morgan fingerprint density at radius 1 is 0.917 bits per heavy atom. The molecular formula is C27H32N4O5. The highest BCUT2D eigenvalue weighted by molar-refractivity contribution is 5.96. The summed E-state index contributed by atoms with van der Waals surface area (Å²) in [7, 11) is 4.80. The van der Waals surface area contributed by atoms with Gasteiger partial charge in [-0.1, -0.05) is 0 Å². The number of anilines is 1. The number of ether oxygens (including phenoxy) is 3. The number of hydrogen-bond donors (Lipinski definition) is 0. The van der Waals surface area contributed by atoms with Crippen LogP contribution >= 0.6 is 0 Å². The van der Waals surface area contributed by atoms with E-state index in [-0.39, 0.29) is 16.9 Å². The number of nitrogens with zero attached hydrogens (tertiary/aromatic N) is 4. The first-order chi connectivity index (χ1) is 17.4. The molecule has 0 atom stereocenters. The van der Waals surface area contributed by atoms with Gasteiger partial charge in [-0.05, 0) is 49.5 Å². The smallest absolute Gasteiger partial charge is 0.251 e. The number of benzene rings is 1. The molecule has 0 radical (unpaired) electrons. The normalized spacial score (nSPS) is 17.6. The fourth-order valence-electron chi connectivity index (χ4n) is 5.44. The van der Waals surface area contributed by atoms with Crippen LogP contribution in [-0.4, -0.2) is 67.9 Å². The number of piperidine rings is 1. The molecule has 3 aromatic rings. The minimum absolute atomic E-state index is 0.0195. The van der Waals surface area contributed by atoms with Crippen LogP contribution in [-0.2, 0) is 11.3 Å². The van der Waals surface area contributed by atoms with E-state index in [9.17, 15) is 9.59 Å². The Kier molecular flexibility index (Phi) is 6.57. The van der Waals surface area contributed by atoms with Gasteiger partial charge in [-0.3, -0.25) is 14.6 Å². The van der Waals surface area contributed by atoms with Crippen LogP contribution in [0.25, 0.3) is 11.0 Å². The van der Waals surface area contributed by atoms with Crippen molar-refractivity contribution in [1.82, 2.24) is 14.5 Å². The minimum Gasteiger partial charge on any atom is -0.495 e. The molecule has 1 spiro atoms. The number of hydrogen-bond acceptors (Lipinski definition) is 7. The molecule has 0 N–H and O–H groups in total. The van der Waals surface area contributed by atoms with E-state index in [1.54, 1.807) is 44.2 Å². The van der Waals surface area contributed by atoms with Crippen molar-refractivity contribution in [2.45, 2.75) is 25.8 Å². The standard InChI is InChI=1S/C27H32N4O5/c1-34-20-15-22-21(28-17-20)5-7-25(32)30(22)13-12-29-10-8-27(9-11-29)16-26(33)31(18-27)19-4-6-23(35-2)24(14-19)36-3/h4-7,14-15,17H,8-13,16,18H2,1-3H3. The summed E-state index contributed by atoms with van der Waals surface area (Å²) in [6.07, 6.45) is 4.11. The number of likely N-dealkylation sites (tertiary alicyclic amines) is 1. The van der Waals surface area contributed by atoms with Crippen LogP contribution in [0.1, 0.15) is 19.3 Å². The molecule has 2 aromatic heterocycles. The van der Waals surface area contributed by atoms with E-state index in [1.807, 2.05) is 29.2 Å². The first-order valence-electron chi connectivity index (χ1n) is 12.2. The van der Waals surface area contributed by atoms with Gasteiger partial charge in [0.2, 0.25) is 5.91 Å². The van der Waals surface area contributed by atoms with Gasteiger partial charge in [0.15, 0.2) is 11.5 Å². The molecule has 2 aliphatic heterocycles. The van der Waals surface area contributed by atoms with Crippen molar-refractivity contribution in [3.05, 3.63) is 52.9 Å². The van der Waals surface area contributed by atoms with Crippen molar-refractivity contribution in [2.24, 2.45) is 5.41 Å². The number of carbonyl (C=O) groups is 1. The SMILES string of the molecule is COc1cnc2ccc(=O)n(CCN3CCC4(CC3)CC(=O)N(c3ccc(OC)c(OC)c3)C4)c2c1. The zero-order valence-electron chi connectivity index (χ0n) is 21.0. The molecule has 0 saturated carbocycles. The van der Waals surface area contributed by atoms with Crippen LogP contribution < -0.4 is 24.7 Å². The van der Waals surface area contributed by atoms with Gasteiger partial charge in [-0.15, -0.1) is 0 Å². The lowest BCUT2D eigenvalue weighted by Crippen LogP contribution is -2.43. The zero-order chi connectivity index (χ0) is 25.3.